The maximum Gasteiger partial charge on any atom is 0.294 e. The van der Waals surface area contributed by atoms with Gasteiger partial charge in [0.2, 0.25) is 5.91 Å². The van der Waals surface area contributed by atoms with Crippen LogP contribution in [0, 0.1) is 0 Å². The highest BCUT2D eigenvalue weighted by molar-refractivity contribution is 6.12. The molecule has 1 N–H and O–H groups in total. The van der Waals surface area contributed by atoms with Crippen LogP contribution in [0.2, 0.25) is 0 Å². The van der Waals surface area contributed by atoms with E-state index in [0.717, 1.165) is 11.1 Å². The zero-order chi connectivity index (χ0) is 22.7. The maximum absolute atomic E-state index is 13.4. The Kier molecular flexibility index (Phi) is 5.86. The molecule has 1 aliphatic rings. The molecule has 0 fully saturated rings. The van der Waals surface area contributed by atoms with Gasteiger partial charge in [-0.3, -0.25) is 14.5 Å². The van der Waals surface area contributed by atoms with Crippen molar-refractivity contribution in [2.24, 2.45) is 0 Å². The van der Waals surface area contributed by atoms with Crippen LogP contribution in [0.1, 0.15) is 37.7 Å². The lowest BCUT2D eigenvalue weighted by atomic mass is 9.86. The van der Waals surface area contributed by atoms with E-state index in [4.69, 9.17) is 9.15 Å². The highest BCUT2D eigenvalue weighted by atomic mass is 16.5. The van der Waals surface area contributed by atoms with Crippen LogP contribution in [0.5, 0.6) is 5.75 Å². The second-order valence-electron chi connectivity index (χ2n) is 8.70. The van der Waals surface area contributed by atoms with Crippen LogP contribution < -0.4 is 15.0 Å². The number of anilines is 1. The molecule has 1 aliphatic heterocycles. The van der Waals surface area contributed by atoms with Gasteiger partial charge in [-0.2, -0.15) is 0 Å². The molecule has 32 heavy (non-hydrogen) atoms. The average Bonchev–Trinajstić information content (AvgIpc) is 3.29. The van der Waals surface area contributed by atoms with Gasteiger partial charge in [0.15, 0.2) is 11.5 Å². The smallest absolute Gasteiger partial charge is 0.294 e. The molecule has 0 radical (unpaired) electrons. The molecule has 6 heteroatoms. The normalized spacial score (nSPS) is 14.8. The number of benzene rings is 2. The summed E-state index contributed by atoms with van der Waals surface area (Å²) in [6, 6.07) is 18.8. The van der Waals surface area contributed by atoms with Crippen LogP contribution in [0.4, 0.5) is 5.69 Å². The summed E-state index contributed by atoms with van der Waals surface area (Å²) in [5.41, 5.74) is 2.35. The monoisotopic (exact) mass is 430 g/mol. The molecule has 4 rings (SSSR count). The Morgan fingerprint density at radius 3 is 2.53 bits per heavy atom. The number of furan rings is 1. The summed E-state index contributed by atoms with van der Waals surface area (Å²) in [5.74, 6) is 0.708. The Morgan fingerprint density at radius 1 is 1.06 bits per heavy atom. The Hall–Kier alpha value is -3.80. The van der Waals surface area contributed by atoms with E-state index in [-0.39, 0.29) is 36.1 Å². The fourth-order valence-corrected chi connectivity index (χ4v) is 3.43. The van der Waals surface area contributed by atoms with Crippen molar-refractivity contribution in [3.8, 4) is 5.75 Å². The number of nitrogens with one attached hydrogen (secondary N) is 1. The number of hydrogen-bond donors (Lipinski definition) is 1. The van der Waals surface area contributed by atoms with Gasteiger partial charge in [0, 0.05) is 0 Å². The number of amides is 2. The quantitative estimate of drug-likeness (QED) is 0.598. The zero-order valence-corrected chi connectivity index (χ0v) is 18.4. The van der Waals surface area contributed by atoms with Gasteiger partial charge in [-0.05, 0) is 46.9 Å². The third kappa shape index (κ3) is 4.75. The van der Waals surface area contributed by atoms with Gasteiger partial charge in [0.25, 0.3) is 5.91 Å². The van der Waals surface area contributed by atoms with Gasteiger partial charge < -0.3 is 14.5 Å². The van der Waals surface area contributed by atoms with Crippen molar-refractivity contribution in [1.29, 1.82) is 0 Å². The van der Waals surface area contributed by atoms with E-state index in [2.05, 4.69) is 26.1 Å². The van der Waals surface area contributed by atoms with Gasteiger partial charge >= 0.3 is 0 Å². The minimum atomic E-state index is -0.361. The minimum Gasteiger partial charge on any atom is -0.467 e. The van der Waals surface area contributed by atoms with Gasteiger partial charge in [0.05, 0.1) is 18.5 Å². The Morgan fingerprint density at radius 2 is 1.84 bits per heavy atom. The Labute approximate surface area is 187 Å². The van der Waals surface area contributed by atoms with Crippen molar-refractivity contribution in [1.82, 2.24) is 5.32 Å². The van der Waals surface area contributed by atoms with E-state index in [1.807, 2.05) is 48.5 Å². The number of carbonyl (C=O) groups is 2. The highest BCUT2D eigenvalue weighted by Gasteiger charge is 2.33. The first-order chi connectivity index (χ1) is 15.3. The summed E-state index contributed by atoms with van der Waals surface area (Å²) in [6.45, 7) is 6.42. The van der Waals surface area contributed by atoms with Crippen LogP contribution in [0.3, 0.4) is 0 Å². The fourth-order valence-electron chi connectivity index (χ4n) is 3.43. The van der Waals surface area contributed by atoms with Gasteiger partial charge in [0.1, 0.15) is 12.3 Å². The summed E-state index contributed by atoms with van der Waals surface area (Å²) in [6.07, 6.45) is 3.24. The zero-order valence-electron chi connectivity index (χ0n) is 18.4. The number of ether oxygens (including phenoxy) is 1. The molecule has 0 saturated heterocycles. The average molecular weight is 431 g/mol. The van der Waals surface area contributed by atoms with Gasteiger partial charge in [-0.1, -0.05) is 57.2 Å². The van der Waals surface area contributed by atoms with Gasteiger partial charge in [-0.25, -0.2) is 0 Å². The van der Waals surface area contributed by atoms with Crippen LogP contribution in [-0.4, -0.2) is 18.4 Å². The number of hydrogen-bond acceptors (Lipinski definition) is 4. The first-order valence-corrected chi connectivity index (χ1v) is 10.5. The Bertz CT molecular complexity index is 1140. The first kappa shape index (κ1) is 21.4. The van der Waals surface area contributed by atoms with Crippen molar-refractivity contribution in [3.63, 3.8) is 0 Å². The fraction of sp³-hybridized carbons (Fsp3) is 0.231. The molecule has 0 unspecified atom stereocenters. The van der Waals surface area contributed by atoms with Crippen LogP contribution >= 0.6 is 0 Å². The molecule has 2 aromatic carbocycles. The summed E-state index contributed by atoms with van der Waals surface area (Å²) >= 11 is 0. The van der Waals surface area contributed by atoms with Crippen molar-refractivity contribution < 1.29 is 18.7 Å². The maximum atomic E-state index is 13.4. The van der Waals surface area contributed by atoms with E-state index < -0.39 is 0 Å². The predicted molar refractivity (Wildman–Crippen MR) is 123 cm³/mol. The molecule has 0 aliphatic carbocycles. The molecular formula is C26H26N2O4. The lowest BCUT2D eigenvalue weighted by Gasteiger charge is -2.32. The van der Waals surface area contributed by atoms with Crippen molar-refractivity contribution >= 4 is 23.6 Å². The molecular weight excluding hydrogens is 404 g/mol. The summed E-state index contributed by atoms with van der Waals surface area (Å²) in [5, 5.41) is 2.81. The SMILES string of the molecule is CC(C)(C)c1ccc2c(c1)N(CC(=O)NCc1ccco1)C(=O)/C(=C/c1ccccc1)O2. The topological polar surface area (TPSA) is 71.8 Å². The van der Waals surface area contributed by atoms with Crippen molar-refractivity contribution in [3.05, 3.63) is 89.6 Å². The van der Waals surface area contributed by atoms with E-state index >= 15 is 0 Å². The number of carbonyl (C=O) groups excluding carboxylic acids is 2. The summed E-state index contributed by atoms with van der Waals surface area (Å²) in [4.78, 5) is 27.5. The third-order valence-corrected chi connectivity index (χ3v) is 5.23. The van der Waals surface area contributed by atoms with E-state index in [1.54, 1.807) is 24.5 Å². The Balaban J connectivity index is 1.65. The van der Waals surface area contributed by atoms with E-state index in [0.29, 0.717) is 17.2 Å². The standard InChI is InChI=1S/C26H26N2O4/c1-26(2,3)19-11-12-22-21(15-19)28(17-24(29)27-16-20-10-7-13-31-20)25(30)23(32-22)14-18-8-5-4-6-9-18/h4-15H,16-17H2,1-3H3,(H,27,29)/b23-14-. The second-order valence-corrected chi connectivity index (χ2v) is 8.70. The molecule has 2 amide bonds. The lowest BCUT2D eigenvalue weighted by molar-refractivity contribution is -0.123. The number of fused-ring (bicyclic) bond motifs is 1. The molecule has 0 atom stereocenters. The van der Waals surface area contributed by atoms with Crippen LogP contribution in [-0.2, 0) is 21.5 Å². The number of nitrogens with zero attached hydrogens (tertiary/aromatic N) is 1. The second kappa shape index (κ2) is 8.75. The van der Waals surface area contributed by atoms with E-state index in [1.165, 1.54) is 4.90 Å². The molecule has 1 aromatic heterocycles. The molecule has 0 saturated carbocycles. The molecule has 6 nitrogen and oxygen atoms in total. The summed E-state index contributed by atoms with van der Waals surface area (Å²) in [7, 11) is 0. The molecule has 0 spiro atoms. The largest absolute Gasteiger partial charge is 0.467 e. The summed E-state index contributed by atoms with van der Waals surface area (Å²) < 4.78 is 11.2. The minimum absolute atomic E-state index is 0.120. The van der Waals surface area contributed by atoms with Crippen molar-refractivity contribution in [2.45, 2.75) is 32.7 Å². The lowest BCUT2D eigenvalue weighted by Crippen LogP contribution is -2.44. The molecule has 2 heterocycles. The van der Waals surface area contributed by atoms with Crippen molar-refractivity contribution in [2.75, 3.05) is 11.4 Å². The number of rotatable bonds is 5. The molecule has 164 valence electrons. The van der Waals surface area contributed by atoms with E-state index in [9.17, 15) is 9.59 Å². The first-order valence-electron chi connectivity index (χ1n) is 10.5. The highest BCUT2D eigenvalue weighted by Crippen LogP contribution is 2.39. The van der Waals surface area contributed by atoms with Crippen LogP contribution in [0.15, 0.2) is 77.1 Å². The molecule has 0 bridgehead atoms. The van der Waals surface area contributed by atoms with Gasteiger partial charge in [-0.15, -0.1) is 0 Å². The molecule has 3 aromatic rings. The third-order valence-electron chi connectivity index (χ3n) is 5.23. The predicted octanol–water partition coefficient (Wildman–Crippen LogP) is 4.66. The van der Waals surface area contributed by atoms with Crippen LogP contribution in [0.25, 0.3) is 6.08 Å².